The van der Waals surface area contributed by atoms with E-state index in [-0.39, 0.29) is 24.4 Å². The molecule has 5 heteroatoms. The average Bonchev–Trinajstić information content (AvgIpc) is 2.28. The van der Waals surface area contributed by atoms with E-state index in [1.807, 2.05) is 0 Å². The third kappa shape index (κ3) is 4.24. The Morgan fingerprint density at radius 1 is 1.47 bits per heavy atom. The van der Waals surface area contributed by atoms with Gasteiger partial charge in [0.15, 0.2) is 0 Å². The van der Waals surface area contributed by atoms with E-state index in [0.29, 0.717) is 0 Å². The highest BCUT2D eigenvalue weighted by atomic mass is 16.4. The summed E-state index contributed by atoms with van der Waals surface area (Å²) < 4.78 is 0. The molecule has 1 saturated heterocycles. The summed E-state index contributed by atoms with van der Waals surface area (Å²) in [6.07, 6.45) is 3.22. The van der Waals surface area contributed by atoms with E-state index >= 15 is 0 Å². The molecule has 0 aliphatic carbocycles. The fraction of sp³-hybridized carbons (Fsp3) is 0.833. The predicted molar refractivity (Wildman–Crippen MR) is 64.9 cm³/mol. The zero-order chi connectivity index (χ0) is 12.9. The molecule has 0 radical (unpaired) electrons. The van der Waals surface area contributed by atoms with Gasteiger partial charge in [0, 0.05) is 19.6 Å². The fourth-order valence-corrected chi connectivity index (χ4v) is 2.17. The van der Waals surface area contributed by atoms with E-state index in [1.54, 1.807) is 4.90 Å². The van der Waals surface area contributed by atoms with Gasteiger partial charge in [0.2, 0.25) is 0 Å². The molecule has 0 spiro atoms. The number of rotatable bonds is 4. The lowest BCUT2D eigenvalue weighted by atomic mass is 9.80. The molecule has 1 rings (SSSR count). The Bertz CT molecular complexity index is 293. The third-order valence-corrected chi connectivity index (χ3v) is 3.54. The lowest BCUT2D eigenvalue weighted by Crippen LogP contribution is -2.49. The number of carboxylic acid groups (broad SMARTS) is 1. The molecule has 5 nitrogen and oxygen atoms in total. The molecule has 1 aliphatic rings. The van der Waals surface area contributed by atoms with E-state index in [0.717, 1.165) is 32.4 Å². The summed E-state index contributed by atoms with van der Waals surface area (Å²) in [5.41, 5.74) is 0.211. The van der Waals surface area contributed by atoms with Gasteiger partial charge in [-0.1, -0.05) is 13.8 Å². The highest BCUT2D eigenvalue weighted by Gasteiger charge is 2.31. The van der Waals surface area contributed by atoms with Crippen LogP contribution >= 0.6 is 0 Å². The number of amides is 2. The minimum atomic E-state index is -0.887. The minimum Gasteiger partial charge on any atom is -0.481 e. The molecule has 1 fully saturated rings. The number of likely N-dealkylation sites (tertiary alicyclic amines) is 1. The molecule has 0 aromatic rings. The topological polar surface area (TPSA) is 69.6 Å². The summed E-state index contributed by atoms with van der Waals surface area (Å²) >= 11 is 0. The summed E-state index contributed by atoms with van der Waals surface area (Å²) in [5, 5.41) is 11.1. The van der Waals surface area contributed by atoms with Crippen molar-refractivity contribution >= 4 is 12.0 Å². The third-order valence-electron chi connectivity index (χ3n) is 3.54. The van der Waals surface area contributed by atoms with Crippen molar-refractivity contribution in [3.8, 4) is 0 Å². The van der Waals surface area contributed by atoms with Gasteiger partial charge in [0.05, 0.1) is 6.42 Å². The quantitative estimate of drug-likeness (QED) is 0.788. The van der Waals surface area contributed by atoms with Crippen molar-refractivity contribution in [2.24, 2.45) is 5.41 Å². The van der Waals surface area contributed by atoms with Crippen molar-refractivity contribution < 1.29 is 14.7 Å². The predicted octanol–water partition coefficient (Wildman–Crippen LogP) is 1.68. The van der Waals surface area contributed by atoms with E-state index in [1.165, 1.54) is 0 Å². The molecule has 0 bridgehead atoms. The number of hydrogen-bond donors (Lipinski definition) is 2. The fourth-order valence-electron chi connectivity index (χ4n) is 2.17. The monoisotopic (exact) mass is 242 g/mol. The van der Waals surface area contributed by atoms with Gasteiger partial charge in [-0.05, 0) is 24.7 Å². The van der Waals surface area contributed by atoms with Crippen LogP contribution in [0.4, 0.5) is 4.79 Å². The number of carboxylic acids is 1. The Morgan fingerprint density at radius 2 is 2.18 bits per heavy atom. The van der Waals surface area contributed by atoms with Crippen molar-refractivity contribution in [1.29, 1.82) is 0 Å². The smallest absolute Gasteiger partial charge is 0.317 e. The van der Waals surface area contributed by atoms with Crippen LogP contribution in [0.2, 0.25) is 0 Å². The van der Waals surface area contributed by atoms with Crippen LogP contribution in [0.5, 0.6) is 0 Å². The summed E-state index contributed by atoms with van der Waals surface area (Å²) in [5.74, 6) is -0.887. The molecule has 1 unspecified atom stereocenters. The summed E-state index contributed by atoms with van der Waals surface area (Å²) in [6.45, 7) is 6.08. The van der Waals surface area contributed by atoms with Gasteiger partial charge in [-0.3, -0.25) is 4.79 Å². The number of carbonyl (C=O) groups is 2. The van der Waals surface area contributed by atoms with Crippen LogP contribution in [-0.4, -0.2) is 41.6 Å². The lowest BCUT2D eigenvalue weighted by molar-refractivity contribution is -0.136. The SMILES string of the molecule is CCC1(C)CCCN(C(=O)NCCC(=O)O)C1. The lowest BCUT2D eigenvalue weighted by Gasteiger charge is -2.39. The van der Waals surface area contributed by atoms with Crippen molar-refractivity contribution in [2.45, 2.75) is 39.5 Å². The van der Waals surface area contributed by atoms with Crippen molar-refractivity contribution in [3.05, 3.63) is 0 Å². The Balaban J connectivity index is 2.38. The first-order valence-electron chi connectivity index (χ1n) is 6.21. The highest BCUT2D eigenvalue weighted by molar-refractivity contribution is 5.75. The van der Waals surface area contributed by atoms with E-state index in [4.69, 9.17) is 5.11 Å². The number of aliphatic carboxylic acids is 1. The van der Waals surface area contributed by atoms with Gasteiger partial charge in [0.1, 0.15) is 0 Å². The molecule has 0 aromatic heterocycles. The largest absolute Gasteiger partial charge is 0.481 e. The van der Waals surface area contributed by atoms with Crippen LogP contribution in [0.1, 0.15) is 39.5 Å². The number of carbonyl (C=O) groups excluding carboxylic acids is 1. The highest BCUT2D eigenvalue weighted by Crippen LogP contribution is 2.32. The van der Waals surface area contributed by atoms with Crippen LogP contribution in [0.15, 0.2) is 0 Å². The zero-order valence-corrected chi connectivity index (χ0v) is 10.7. The maximum absolute atomic E-state index is 11.8. The van der Waals surface area contributed by atoms with Crippen LogP contribution in [0.25, 0.3) is 0 Å². The maximum atomic E-state index is 11.8. The van der Waals surface area contributed by atoms with E-state index in [9.17, 15) is 9.59 Å². The van der Waals surface area contributed by atoms with Gasteiger partial charge in [-0.25, -0.2) is 4.79 Å². The summed E-state index contributed by atoms with van der Waals surface area (Å²) in [6, 6.07) is -0.134. The van der Waals surface area contributed by atoms with Gasteiger partial charge in [-0.2, -0.15) is 0 Å². The Labute approximate surface area is 102 Å². The number of nitrogens with zero attached hydrogens (tertiary/aromatic N) is 1. The maximum Gasteiger partial charge on any atom is 0.317 e. The second kappa shape index (κ2) is 5.89. The van der Waals surface area contributed by atoms with E-state index < -0.39 is 5.97 Å². The van der Waals surface area contributed by atoms with Gasteiger partial charge >= 0.3 is 12.0 Å². The van der Waals surface area contributed by atoms with Crippen molar-refractivity contribution in [1.82, 2.24) is 10.2 Å². The number of nitrogens with one attached hydrogen (secondary N) is 1. The molecule has 1 atom stereocenters. The van der Waals surface area contributed by atoms with Gasteiger partial charge in [-0.15, -0.1) is 0 Å². The molecular weight excluding hydrogens is 220 g/mol. The van der Waals surface area contributed by atoms with Crippen molar-refractivity contribution in [2.75, 3.05) is 19.6 Å². The Hall–Kier alpha value is -1.26. The number of urea groups is 1. The van der Waals surface area contributed by atoms with Crippen LogP contribution in [0.3, 0.4) is 0 Å². The van der Waals surface area contributed by atoms with Crippen molar-refractivity contribution in [3.63, 3.8) is 0 Å². The molecule has 0 aromatic carbocycles. The van der Waals surface area contributed by atoms with Gasteiger partial charge in [0.25, 0.3) is 0 Å². The zero-order valence-electron chi connectivity index (χ0n) is 10.7. The molecule has 98 valence electrons. The van der Waals surface area contributed by atoms with E-state index in [2.05, 4.69) is 19.2 Å². The molecule has 17 heavy (non-hydrogen) atoms. The average molecular weight is 242 g/mol. The Kier molecular flexibility index (Phi) is 4.78. The number of piperidine rings is 1. The minimum absolute atomic E-state index is 0.0232. The molecule has 1 aliphatic heterocycles. The first-order chi connectivity index (χ1) is 7.97. The Morgan fingerprint density at radius 3 is 2.76 bits per heavy atom. The number of hydrogen-bond acceptors (Lipinski definition) is 2. The van der Waals surface area contributed by atoms with Gasteiger partial charge < -0.3 is 15.3 Å². The molecule has 2 amide bonds. The second-order valence-corrected chi connectivity index (χ2v) is 5.06. The van der Waals surface area contributed by atoms with Crippen LogP contribution < -0.4 is 5.32 Å². The summed E-state index contributed by atoms with van der Waals surface area (Å²) in [7, 11) is 0. The summed E-state index contributed by atoms with van der Waals surface area (Å²) in [4.78, 5) is 23.9. The normalized spacial score (nSPS) is 24.5. The molecular formula is C12H22N2O3. The molecule has 2 N–H and O–H groups in total. The second-order valence-electron chi connectivity index (χ2n) is 5.06. The molecule has 1 heterocycles. The standard InChI is InChI=1S/C12H22N2O3/c1-3-12(2)6-4-8-14(9-12)11(17)13-7-5-10(15)16/h3-9H2,1-2H3,(H,13,17)(H,15,16). The van der Waals surface area contributed by atoms with Crippen LogP contribution in [-0.2, 0) is 4.79 Å². The first-order valence-corrected chi connectivity index (χ1v) is 6.21. The first kappa shape index (κ1) is 13.8. The van der Waals surface area contributed by atoms with Crippen LogP contribution in [0, 0.1) is 5.41 Å². The molecule has 0 saturated carbocycles.